The minimum atomic E-state index is -0.209. The number of piperidine rings is 1. The summed E-state index contributed by atoms with van der Waals surface area (Å²) in [4.78, 5) is 25.9. The molecule has 1 aromatic rings. The third-order valence-corrected chi connectivity index (χ3v) is 5.02. The van der Waals surface area contributed by atoms with Crippen LogP contribution in [0, 0.1) is 17.8 Å². The van der Waals surface area contributed by atoms with E-state index in [4.69, 9.17) is 5.73 Å². The molecule has 2 aliphatic rings. The zero-order chi connectivity index (χ0) is 16.4. The van der Waals surface area contributed by atoms with Crippen molar-refractivity contribution in [2.45, 2.75) is 32.7 Å². The lowest BCUT2D eigenvalue weighted by Crippen LogP contribution is -2.40. The van der Waals surface area contributed by atoms with Crippen LogP contribution in [0.2, 0.25) is 0 Å². The lowest BCUT2D eigenvalue weighted by atomic mass is 9.97. The van der Waals surface area contributed by atoms with Crippen LogP contribution < -0.4 is 11.1 Å². The Labute approximate surface area is 137 Å². The van der Waals surface area contributed by atoms with Crippen molar-refractivity contribution in [3.05, 3.63) is 29.8 Å². The van der Waals surface area contributed by atoms with Gasteiger partial charge >= 0.3 is 0 Å². The largest absolute Gasteiger partial charge is 0.369 e. The molecule has 1 aromatic carbocycles. The summed E-state index contributed by atoms with van der Waals surface area (Å²) < 4.78 is 0. The van der Waals surface area contributed by atoms with Crippen LogP contribution in [-0.4, -0.2) is 29.8 Å². The van der Waals surface area contributed by atoms with Gasteiger partial charge in [0, 0.05) is 24.7 Å². The van der Waals surface area contributed by atoms with Gasteiger partial charge in [0.2, 0.25) is 11.8 Å². The van der Waals surface area contributed by atoms with E-state index >= 15 is 0 Å². The number of rotatable bonds is 5. The molecule has 1 saturated carbocycles. The maximum absolute atomic E-state index is 12.2. The second kappa shape index (κ2) is 6.71. The molecule has 0 bridgehead atoms. The van der Waals surface area contributed by atoms with E-state index in [0.29, 0.717) is 12.5 Å². The molecule has 5 nitrogen and oxygen atoms in total. The van der Waals surface area contributed by atoms with Crippen LogP contribution in [0.15, 0.2) is 24.3 Å². The monoisotopic (exact) mass is 315 g/mol. The Bertz CT molecular complexity index is 602. The first-order valence-electron chi connectivity index (χ1n) is 8.45. The van der Waals surface area contributed by atoms with E-state index in [1.54, 1.807) is 0 Å². The first kappa shape index (κ1) is 16.0. The Kier molecular flexibility index (Phi) is 4.66. The fraction of sp³-hybridized carbons (Fsp3) is 0.556. The van der Waals surface area contributed by atoms with Crippen molar-refractivity contribution in [2.75, 3.05) is 18.4 Å². The van der Waals surface area contributed by atoms with Gasteiger partial charge in [-0.3, -0.25) is 14.5 Å². The molecule has 0 spiro atoms. The molecular formula is C18H25N3O2. The van der Waals surface area contributed by atoms with Crippen molar-refractivity contribution in [1.29, 1.82) is 0 Å². The van der Waals surface area contributed by atoms with Gasteiger partial charge in [-0.2, -0.15) is 0 Å². The molecule has 3 N–H and O–H groups in total. The van der Waals surface area contributed by atoms with Crippen LogP contribution in [0.5, 0.6) is 0 Å². The summed E-state index contributed by atoms with van der Waals surface area (Å²) in [7, 11) is 0. The number of primary amides is 1. The number of benzene rings is 1. The maximum Gasteiger partial charge on any atom is 0.227 e. The molecule has 5 heteroatoms. The summed E-state index contributed by atoms with van der Waals surface area (Å²) in [5, 5.41) is 3.07. The average molecular weight is 315 g/mol. The normalized spacial score (nSPS) is 27.4. The SMILES string of the molecule is C[C@@H]1C[C@@H]1C(=O)Nc1ccccc1CN1CCC[C@@H](C(N)=O)C1. The molecule has 0 radical (unpaired) electrons. The van der Waals surface area contributed by atoms with Crippen LogP contribution in [0.1, 0.15) is 31.7 Å². The van der Waals surface area contributed by atoms with Gasteiger partial charge in [0.15, 0.2) is 0 Å². The lowest BCUT2D eigenvalue weighted by molar-refractivity contribution is -0.123. The van der Waals surface area contributed by atoms with Crippen LogP contribution >= 0.6 is 0 Å². The van der Waals surface area contributed by atoms with E-state index in [2.05, 4.69) is 17.1 Å². The standard InChI is InChI=1S/C18H25N3O2/c1-12-9-15(12)18(23)20-16-7-3-2-5-13(16)10-21-8-4-6-14(11-21)17(19)22/h2-3,5,7,12,14-15H,4,6,8-11H2,1H3,(H2,19,22)(H,20,23)/t12-,14-,15+/m1/s1. The number of hydrogen-bond acceptors (Lipinski definition) is 3. The summed E-state index contributed by atoms with van der Waals surface area (Å²) >= 11 is 0. The fourth-order valence-corrected chi connectivity index (χ4v) is 3.37. The Morgan fingerprint density at radius 1 is 1.35 bits per heavy atom. The maximum atomic E-state index is 12.2. The van der Waals surface area contributed by atoms with Gasteiger partial charge in [-0.15, -0.1) is 0 Å². The van der Waals surface area contributed by atoms with Gasteiger partial charge in [-0.05, 0) is 43.4 Å². The molecule has 0 unspecified atom stereocenters. The summed E-state index contributed by atoms with van der Waals surface area (Å²) in [5.41, 5.74) is 7.43. The number of likely N-dealkylation sites (tertiary alicyclic amines) is 1. The van der Waals surface area contributed by atoms with Crippen molar-refractivity contribution < 1.29 is 9.59 Å². The van der Waals surface area contributed by atoms with Crippen LogP contribution in [0.25, 0.3) is 0 Å². The highest BCUT2D eigenvalue weighted by Gasteiger charge is 2.39. The van der Waals surface area contributed by atoms with Crippen LogP contribution in [-0.2, 0) is 16.1 Å². The highest BCUT2D eigenvalue weighted by Crippen LogP contribution is 2.38. The minimum Gasteiger partial charge on any atom is -0.369 e. The van der Waals surface area contributed by atoms with E-state index in [1.807, 2.05) is 24.3 Å². The smallest absolute Gasteiger partial charge is 0.227 e. The third-order valence-electron chi connectivity index (χ3n) is 5.02. The highest BCUT2D eigenvalue weighted by atomic mass is 16.2. The minimum absolute atomic E-state index is 0.0576. The molecule has 124 valence electrons. The molecule has 0 aromatic heterocycles. The zero-order valence-corrected chi connectivity index (χ0v) is 13.6. The summed E-state index contributed by atoms with van der Waals surface area (Å²) in [5.74, 6) is 0.522. The predicted octanol–water partition coefficient (Wildman–Crippen LogP) is 1.98. The first-order valence-corrected chi connectivity index (χ1v) is 8.45. The second-order valence-corrected chi connectivity index (χ2v) is 6.94. The number of amides is 2. The topological polar surface area (TPSA) is 75.4 Å². The van der Waals surface area contributed by atoms with Crippen molar-refractivity contribution >= 4 is 17.5 Å². The van der Waals surface area contributed by atoms with Crippen molar-refractivity contribution in [3.63, 3.8) is 0 Å². The Hall–Kier alpha value is -1.88. The molecule has 1 saturated heterocycles. The highest BCUT2D eigenvalue weighted by molar-refractivity contribution is 5.95. The van der Waals surface area contributed by atoms with Gasteiger partial charge in [0.25, 0.3) is 0 Å². The second-order valence-electron chi connectivity index (χ2n) is 6.94. The van der Waals surface area contributed by atoms with Gasteiger partial charge < -0.3 is 11.1 Å². The summed E-state index contributed by atoms with van der Waals surface area (Å²) in [6.07, 6.45) is 2.85. The number of anilines is 1. The molecule has 1 heterocycles. The number of carbonyl (C=O) groups excluding carboxylic acids is 2. The summed E-state index contributed by atoms with van der Waals surface area (Å²) in [6, 6.07) is 7.92. The number of nitrogens with two attached hydrogens (primary N) is 1. The Morgan fingerprint density at radius 3 is 2.78 bits per heavy atom. The van der Waals surface area contributed by atoms with Crippen molar-refractivity contribution in [2.24, 2.45) is 23.5 Å². The van der Waals surface area contributed by atoms with E-state index in [0.717, 1.165) is 43.6 Å². The predicted molar refractivity (Wildman–Crippen MR) is 89.5 cm³/mol. The van der Waals surface area contributed by atoms with Crippen molar-refractivity contribution in [1.82, 2.24) is 4.90 Å². The number of nitrogens with one attached hydrogen (secondary N) is 1. The van der Waals surface area contributed by atoms with E-state index in [1.165, 1.54) is 0 Å². The average Bonchev–Trinajstić information content (AvgIpc) is 3.26. The van der Waals surface area contributed by atoms with E-state index in [9.17, 15) is 9.59 Å². The van der Waals surface area contributed by atoms with Gasteiger partial charge in [-0.25, -0.2) is 0 Å². The van der Waals surface area contributed by atoms with E-state index < -0.39 is 0 Å². The molecular weight excluding hydrogens is 290 g/mol. The van der Waals surface area contributed by atoms with Gasteiger partial charge in [0.1, 0.15) is 0 Å². The quantitative estimate of drug-likeness (QED) is 0.872. The van der Waals surface area contributed by atoms with Gasteiger partial charge in [0.05, 0.1) is 5.92 Å². The Morgan fingerprint density at radius 2 is 2.09 bits per heavy atom. The number of hydrogen-bond donors (Lipinski definition) is 2. The molecule has 2 fully saturated rings. The van der Waals surface area contributed by atoms with Gasteiger partial charge in [-0.1, -0.05) is 25.1 Å². The molecule has 3 atom stereocenters. The van der Waals surface area contributed by atoms with E-state index in [-0.39, 0.29) is 23.7 Å². The third kappa shape index (κ3) is 3.91. The molecule has 1 aliphatic carbocycles. The zero-order valence-electron chi connectivity index (χ0n) is 13.6. The number of para-hydroxylation sites is 1. The number of nitrogens with zero attached hydrogens (tertiary/aromatic N) is 1. The van der Waals surface area contributed by atoms with Crippen LogP contribution in [0.4, 0.5) is 5.69 Å². The molecule has 23 heavy (non-hydrogen) atoms. The lowest BCUT2D eigenvalue weighted by Gasteiger charge is -2.31. The summed E-state index contributed by atoms with van der Waals surface area (Å²) in [6.45, 7) is 4.51. The van der Waals surface area contributed by atoms with Crippen LogP contribution in [0.3, 0.4) is 0 Å². The Balaban J connectivity index is 1.65. The number of carbonyl (C=O) groups is 2. The van der Waals surface area contributed by atoms with Crippen molar-refractivity contribution in [3.8, 4) is 0 Å². The molecule has 1 aliphatic heterocycles. The first-order chi connectivity index (χ1) is 11.0. The molecule has 3 rings (SSSR count). The fourth-order valence-electron chi connectivity index (χ4n) is 3.37. The molecule has 2 amide bonds.